The first-order valence-electron chi connectivity index (χ1n) is 7.70. The molecule has 2 amide bonds. The predicted molar refractivity (Wildman–Crippen MR) is 92.9 cm³/mol. The van der Waals surface area contributed by atoms with Crippen molar-refractivity contribution < 1.29 is 14.3 Å². The number of hydrogen-bond donors (Lipinski definition) is 2. The molecule has 2 rings (SSSR count). The first kappa shape index (κ1) is 18.2. The van der Waals surface area contributed by atoms with Crippen LogP contribution < -0.4 is 15.4 Å². The van der Waals surface area contributed by atoms with E-state index in [4.69, 9.17) is 4.74 Å². The van der Waals surface area contributed by atoms with Gasteiger partial charge in [0.2, 0.25) is 0 Å². The second-order valence-corrected chi connectivity index (χ2v) is 5.72. The zero-order valence-corrected chi connectivity index (χ0v) is 14.4. The number of amides is 2. The van der Waals surface area contributed by atoms with Crippen molar-refractivity contribution in [2.24, 2.45) is 7.05 Å². The molecular formula is C17H21N5O3. The number of anilines is 1. The number of hydrogen-bond acceptors (Lipinski definition) is 5. The molecule has 1 aromatic carbocycles. The molecule has 0 aliphatic rings. The van der Waals surface area contributed by atoms with E-state index in [1.54, 1.807) is 42.8 Å². The molecule has 0 aliphatic carbocycles. The molecule has 0 bridgehead atoms. The van der Waals surface area contributed by atoms with E-state index in [9.17, 15) is 9.59 Å². The fourth-order valence-electron chi connectivity index (χ4n) is 2.07. The maximum absolute atomic E-state index is 12.1. The number of nitrogens with zero attached hydrogens (tertiary/aromatic N) is 3. The summed E-state index contributed by atoms with van der Waals surface area (Å²) in [4.78, 5) is 24.1. The van der Waals surface area contributed by atoms with E-state index >= 15 is 0 Å². The summed E-state index contributed by atoms with van der Waals surface area (Å²) in [6.07, 6.45) is 1.52. The summed E-state index contributed by atoms with van der Waals surface area (Å²) in [6.45, 7) is 7.72. The molecule has 0 aliphatic heterocycles. The fourth-order valence-corrected chi connectivity index (χ4v) is 2.07. The minimum atomic E-state index is -0.772. The average Bonchev–Trinajstić information content (AvgIpc) is 2.99. The number of benzene rings is 1. The molecule has 132 valence electrons. The summed E-state index contributed by atoms with van der Waals surface area (Å²) in [7, 11) is 1.76. The topological polar surface area (TPSA) is 98.1 Å². The van der Waals surface area contributed by atoms with Crippen LogP contribution in [-0.4, -0.2) is 33.2 Å². The number of nitrogens with one attached hydrogen (secondary N) is 2. The maximum atomic E-state index is 12.1. The van der Waals surface area contributed by atoms with Gasteiger partial charge in [0.25, 0.3) is 0 Å². The Morgan fingerprint density at radius 1 is 1.36 bits per heavy atom. The van der Waals surface area contributed by atoms with E-state index in [0.717, 1.165) is 5.57 Å². The van der Waals surface area contributed by atoms with E-state index in [0.29, 0.717) is 23.9 Å². The van der Waals surface area contributed by atoms with Gasteiger partial charge in [0.05, 0.1) is 6.04 Å². The zero-order valence-electron chi connectivity index (χ0n) is 14.4. The molecular weight excluding hydrogens is 322 g/mol. The van der Waals surface area contributed by atoms with Crippen molar-refractivity contribution in [3.8, 4) is 5.75 Å². The Morgan fingerprint density at radius 3 is 2.76 bits per heavy atom. The minimum Gasteiger partial charge on any atom is -0.489 e. The quantitative estimate of drug-likeness (QED) is 0.613. The third-order valence-corrected chi connectivity index (χ3v) is 3.26. The average molecular weight is 343 g/mol. The van der Waals surface area contributed by atoms with Gasteiger partial charge in [0.15, 0.2) is 5.82 Å². The minimum absolute atomic E-state index is 0.382. The van der Waals surface area contributed by atoms with Crippen molar-refractivity contribution in [2.75, 3.05) is 11.9 Å². The third-order valence-electron chi connectivity index (χ3n) is 3.26. The molecule has 1 atom stereocenters. The fraction of sp³-hybridized carbons (Fsp3) is 0.294. The zero-order chi connectivity index (χ0) is 18.4. The van der Waals surface area contributed by atoms with E-state index in [1.807, 2.05) is 6.92 Å². The lowest BCUT2D eigenvalue weighted by atomic mass is 10.3. The second kappa shape index (κ2) is 8.09. The Balaban J connectivity index is 1.94. The second-order valence-electron chi connectivity index (χ2n) is 5.72. The van der Waals surface area contributed by atoms with Crippen LogP contribution in [0.15, 0.2) is 42.7 Å². The Kier molecular flexibility index (Phi) is 5.89. The van der Waals surface area contributed by atoms with Gasteiger partial charge in [-0.3, -0.25) is 9.59 Å². The number of carbonyl (C=O) groups is 2. The Morgan fingerprint density at radius 2 is 2.12 bits per heavy atom. The number of aryl methyl sites for hydroxylation is 1. The van der Waals surface area contributed by atoms with E-state index in [2.05, 4.69) is 27.4 Å². The van der Waals surface area contributed by atoms with E-state index in [-0.39, 0.29) is 0 Å². The van der Waals surface area contributed by atoms with Gasteiger partial charge >= 0.3 is 11.8 Å². The first-order chi connectivity index (χ1) is 11.9. The highest BCUT2D eigenvalue weighted by Crippen LogP contribution is 2.18. The van der Waals surface area contributed by atoms with E-state index in [1.165, 1.54) is 6.33 Å². The predicted octanol–water partition coefficient (Wildman–Crippen LogP) is 1.59. The van der Waals surface area contributed by atoms with Crippen LogP contribution in [0, 0.1) is 0 Å². The summed E-state index contributed by atoms with van der Waals surface area (Å²) in [5.41, 5.74) is 1.34. The lowest BCUT2D eigenvalue weighted by Gasteiger charge is -2.13. The smallest absolute Gasteiger partial charge is 0.313 e. The largest absolute Gasteiger partial charge is 0.489 e. The molecule has 2 aromatic rings. The molecule has 8 heteroatoms. The SMILES string of the molecule is C=C(C)COc1cccc(NC(=O)C(=O)NC(C)c2nncn2C)c1. The summed E-state index contributed by atoms with van der Waals surface area (Å²) in [5, 5.41) is 12.8. The molecule has 1 unspecified atom stereocenters. The van der Waals surface area contributed by atoms with Gasteiger partial charge in [0, 0.05) is 18.8 Å². The summed E-state index contributed by atoms with van der Waals surface area (Å²) >= 11 is 0. The number of carbonyl (C=O) groups excluding carboxylic acids is 2. The molecule has 2 N–H and O–H groups in total. The van der Waals surface area contributed by atoms with Crippen LogP contribution in [-0.2, 0) is 16.6 Å². The van der Waals surface area contributed by atoms with Gasteiger partial charge in [-0.25, -0.2) is 0 Å². The standard InChI is InChI=1S/C17H21N5O3/c1-11(2)9-25-14-7-5-6-13(8-14)20-17(24)16(23)19-12(3)15-21-18-10-22(15)4/h5-8,10,12H,1,9H2,2-4H3,(H,19,23)(H,20,24). The summed E-state index contributed by atoms with van der Waals surface area (Å²) in [6, 6.07) is 6.35. The van der Waals surface area contributed by atoms with Crippen LogP contribution >= 0.6 is 0 Å². The van der Waals surface area contributed by atoms with Gasteiger partial charge in [-0.15, -0.1) is 10.2 Å². The van der Waals surface area contributed by atoms with Gasteiger partial charge < -0.3 is 19.9 Å². The van der Waals surface area contributed by atoms with Crippen molar-refractivity contribution in [3.63, 3.8) is 0 Å². The molecule has 0 fully saturated rings. The third kappa shape index (κ3) is 5.17. The van der Waals surface area contributed by atoms with Gasteiger partial charge in [-0.2, -0.15) is 0 Å². The highest BCUT2D eigenvalue weighted by atomic mass is 16.5. The Hall–Kier alpha value is -3.16. The molecule has 0 saturated heterocycles. The van der Waals surface area contributed by atoms with Crippen molar-refractivity contribution >= 4 is 17.5 Å². The number of rotatable bonds is 6. The monoisotopic (exact) mass is 343 g/mol. The highest BCUT2D eigenvalue weighted by molar-refractivity contribution is 6.39. The summed E-state index contributed by atoms with van der Waals surface area (Å²) in [5.74, 6) is -0.403. The van der Waals surface area contributed by atoms with Crippen molar-refractivity contribution in [2.45, 2.75) is 19.9 Å². The molecule has 25 heavy (non-hydrogen) atoms. The van der Waals surface area contributed by atoms with Crippen LogP contribution in [0.3, 0.4) is 0 Å². The van der Waals surface area contributed by atoms with Gasteiger partial charge in [-0.1, -0.05) is 12.6 Å². The first-order valence-corrected chi connectivity index (χ1v) is 7.70. The Labute approximate surface area is 145 Å². The number of ether oxygens (including phenoxy) is 1. The molecule has 0 radical (unpaired) electrons. The molecule has 1 heterocycles. The van der Waals surface area contributed by atoms with Gasteiger partial charge in [0.1, 0.15) is 18.7 Å². The van der Waals surface area contributed by atoms with Gasteiger partial charge in [-0.05, 0) is 31.6 Å². The molecule has 1 aromatic heterocycles. The maximum Gasteiger partial charge on any atom is 0.313 e. The van der Waals surface area contributed by atoms with Crippen LogP contribution in [0.5, 0.6) is 5.75 Å². The molecule has 0 saturated carbocycles. The van der Waals surface area contributed by atoms with Crippen molar-refractivity contribution in [3.05, 3.63) is 48.6 Å². The lowest BCUT2D eigenvalue weighted by molar-refractivity contribution is -0.136. The van der Waals surface area contributed by atoms with Crippen LogP contribution in [0.4, 0.5) is 5.69 Å². The molecule has 0 spiro atoms. The van der Waals surface area contributed by atoms with Crippen molar-refractivity contribution in [1.82, 2.24) is 20.1 Å². The van der Waals surface area contributed by atoms with Crippen LogP contribution in [0.1, 0.15) is 25.7 Å². The van der Waals surface area contributed by atoms with Crippen molar-refractivity contribution in [1.29, 1.82) is 0 Å². The highest BCUT2D eigenvalue weighted by Gasteiger charge is 2.19. The van der Waals surface area contributed by atoms with Crippen LogP contribution in [0.2, 0.25) is 0 Å². The normalized spacial score (nSPS) is 11.5. The number of aromatic nitrogens is 3. The molecule has 8 nitrogen and oxygen atoms in total. The lowest BCUT2D eigenvalue weighted by Crippen LogP contribution is -2.37. The van der Waals surface area contributed by atoms with E-state index < -0.39 is 17.9 Å². The van der Waals surface area contributed by atoms with Crippen LogP contribution in [0.25, 0.3) is 0 Å². The Bertz CT molecular complexity index is 784. The summed E-state index contributed by atoms with van der Waals surface area (Å²) < 4.78 is 7.18.